The SMILES string of the molecule is Cc1nccc2c1S(C)(=O)=NC2. The Labute approximate surface area is 72.0 Å². The summed E-state index contributed by atoms with van der Waals surface area (Å²) in [5.41, 5.74) is 1.91. The lowest BCUT2D eigenvalue weighted by molar-refractivity contribution is 0.680. The number of aryl methyl sites for hydroxylation is 1. The van der Waals surface area contributed by atoms with E-state index in [4.69, 9.17) is 0 Å². The molecule has 0 aromatic carbocycles. The monoisotopic (exact) mass is 182 g/mol. The molecule has 1 atom stereocenters. The van der Waals surface area contributed by atoms with Crippen LogP contribution in [0.5, 0.6) is 0 Å². The van der Waals surface area contributed by atoms with Crippen LogP contribution in [0.25, 0.3) is 0 Å². The number of fused-ring (bicyclic) bond motifs is 1. The predicted molar refractivity (Wildman–Crippen MR) is 47.4 cm³/mol. The van der Waals surface area contributed by atoms with Crippen LogP contribution in [0, 0.1) is 6.92 Å². The number of hydrogen-bond acceptors (Lipinski definition) is 3. The van der Waals surface area contributed by atoms with Gasteiger partial charge in [0.2, 0.25) is 0 Å². The van der Waals surface area contributed by atoms with Crippen LogP contribution in [-0.2, 0) is 16.3 Å². The van der Waals surface area contributed by atoms with Crippen molar-refractivity contribution in [3.05, 3.63) is 23.5 Å². The lowest BCUT2D eigenvalue weighted by atomic mass is 10.2. The summed E-state index contributed by atoms with van der Waals surface area (Å²) in [4.78, 5) is 4.96. The highest BCUT2D eigenvalue weighted by Gasteiger charge is 2.20. The van der Waals surface area contributed by atoms with E-state index < -0.39 is 9.73 Å². The number of nitrogens with zero attached hydrogens (tertiary/aromatic N) is 2. The molecule has 3 nitrogen and oxygen atoms in total. The second-order valence-electron chi connectivity index (χ2n) is 2.97. The number of pyridine rings is 1. The van der Waals surface area contributed by atoms with Gasteiger partial charge in [0.1, 0.15) is 0 Å². The van der Waals surface area contributed by atoms with Crippen molar-refractivity contribution in [1.82, 2.24) is 4.98 Å². The first kappa shape index (κ1) is 7.73. The van der Waals surface area contributed by atoms with Crippen LogP contribution in [0.1, 0.15) is 11.3 Å². The molecule has 0 saturated heterocycles. The predicted octanol–water partition coefficient (Wildman–Crippen LogP) is 1.36. The van der Waals surface area contributed by atoms with Crippen LogP contribution in [0.3, 0.4) is 0 Å². The fraction of sp³-hybridized carbons (Fsp3) is 0.375. The van der Waals surface area contributed by atoms with Crippen molar-refractivity contribution in [3.8, 4) is 0 Å². The third-order valence-corrected chi connectivity index (χ3v) is 3.96. The first-order valence-electron chi connectivity index (χ1n) is 3.74. The molecular formula is C8H10N2OS. The van der Waals surface area contributed by atoms with E-state index in [0.717, 1.165) is 16.2 Å². The summed E-state index contributed by atoms with van der Waals surface area (Å²) in [6.07, 6.45) is 3.41. The highest BCUT2D eigenvalue weighted by molar-refractivity contribution is 7.93. The molecule has 0 N–H and O–H groups in total. The van der Waals surface area contributed by atoms with Crippen LogP contribution >= 0.6 is 0 Å². The van der Waals surface area contributed by atoms with E-state index in [1.807, 2.05) is 13.0 Å². The molecule has 12 heavy (non-hydrogen) atoms. The minimum absolute atomic E-state index is 0.577. The van der Waals surface area contributed by atoms with Crippen LogP contribution in [0.15, 0.2) is 21.5 Å². The van der Waals surface area contributed by atoms with Gasteiger partial charge in [-0.25, -0.2) is 8.57 Å². The Morgan fingerprint density at radius 1 is 1.58 bits per heavy atom. The van der Waals surface area contributed by atoms with Crippen molar-refractivity contribution in [2.24, 2.45) is 4.36 Å². The topological polar surface area (TPSA) is 42.3 Å². The highest BCUT2D eigenvalue weighted by atomic mass is 32.2. The average molecular weight is 182 g/mol. The Morgan fingerprint density at radius 2 is 2.33 bits per heavy atom. The van der Waals surface area contributed by atoms with Crippen LogP contribution < -0.4 is 0 Å². The van der Waals surface area contributed by atoms with Gasteiger partial charge in [-0.15, -0.1) is 0 Å². The van der Waals surface area contributed by atoms with Crippen molar-refractivity contribution in [2.45, 2.75) is 18.4 Å². The summed E-state index contributed by atoms with van der Waals surface area (Å²) in [5, 5.41) is 0. The third kappa shape index (κ3) is 0.948. The molecule has 1 aliphatic heterocycles. The maximum absolute atomic E-state index is 11.8. The first-order chi connectivity index (χ1) is 5.61. The van der Waals surface area contributed by atoms with Crippen molar-refractivity contribution in [1.29, 1.82) is 0 Å². The molecule has 1 aliphatic rings. The second kappa shape index (κ2) is 2.29. The van der Waals surface area contributed by atoms with Crippen molar-refractivity contribution >= 4 is 9.73 Å². The molecule has 0 spiro atoms. The Hall–Kier alpha value is -0.900. The van der Waals surface area contributed by atoms with Crippen molar-refractivity contribution in [3.63, 3.8) is 0 Å². The van der Waals surface area contributed by atoms with E-state index in [1.165, 1.54) is 0 Å². The summed E-state index contributed by atoms with van der Waals surface area (Å²) < 4.78 is 15.9. The molecular weight excluding hydrogens is 172 g/mol. The largest absolute Gasteiger partial charge is 0.260 e. The van der Waals surface area contributed by atoms with Crippen LogP contribution in [0.2, 0.25) is 0 Å². The number of aromatic nitrogens is 1. The van der Waals surface area contributed by atoms with E-state index >= 15 is 0 Å². The highest BCUT2D eigenvalue weighted by Crippen LogP contribution is 2.26. The zero-order chi connectivity index (χ0) is 8.77. The molecule has 4 heteroatoms. The number of rotatable bonds is 0. The number of hydrogen-bond donors (Lipinski definition) is 0. The normalized spacial score (nSPS) is 26.5. The van der Waals surface area contributed by atoms with E-state index in [1.54, 1.807) is 12.5 Å². The van der Waals surface area contributed by atoms with E-state index in [2.05, 4.69) is 9.35 Å². The third-order valence-electron chi connectivity index (χ3n) is 2.02. The summed E-state index contributed by atoms with van der Waals surface area (Å²) in [6.45, 7) is 2.46. The van der Waals surface area contributed by atoms with Gasteiger partial charge in [-0.3, -0.25) is 4.98 Å². The van der Waals surface area contributed by atoms with Gasteiger partial charge in [-0.05, 0) is 18.6 Å². The molecule has 64 valence electrons. The molecule has 1 unspecified atom stereocenters. The zero-order valence-corrected chi connectivity index (χ0v) is 7.89. The fourth-order valence-electron chi connectivity index (χ4n) is 1.50. The molecule has 2 rings (SSSR count). The zero-order valence-electron chi connectivity index (χ0n) is 7.07. The lowest BCUT2D eigenvalue weighted by Gasteiger charge is -2.02. The molecule has 1 aromatic rings. The summed E-state index contributed by atoms with van der Waals surface area (Å²) >= 11 is 0. The Bertz CT molecular complexity index is 444. The Kier molecular flexibility index (Phi) is 1.48. The van der Waals surface area contributed by atoms with Gasteiger partial charge in [-0.2, -0.15) is 0 Å². The van der Waals surface area contributed by atoms with Crippen LogP contribution in [0.4, 0.5) is 0 Å². The van der Waals surface area contributed by atoms with Gasteiger partial charge >= 0.3 is 0 Å². The van der Waals surface area contributed by atoms with Crippen molar-refractivity contribution in [2.75, 3.05) is 6.26 Å². The van der Waals surface area contributed by atoms with Gasteiger partial charge in [-0.1, -0.05) is 0 Å². The summed E-state index contributed by atoms with van der Waals surface area (Å²) in [6, 6.07) is 1.89. The van der Waals surface area contributed by atoms with E-state index in [0.29, 0.717) is 6.54 Å². The maximum atomic E-state index is 11.8. The van der Waals surface area contributed by atoms with Crippen LogP contribution in [-0.4, -0.2) is 15.4 Å². The summed E-state index contributed by atoms with van der Waals surface area (Å²) in [5.74, 6) is 0. The average Bonchev–Trinajstić information content (AvgIpc) is 2.29. The minimum atomic E-state index is -2.12. The molecule has 0 aliphatic carbocycles. The Morgan fingerprint density at radius 3 is 3.00 bits per heavy atom. The second-order valence-corrected chi connectivity index (χ2v) is 5.25. The van der Waals surface area contributed by atoms with Crippen molar-refractivity contribution < 1.29 is 4.21 Å². The van der Waals surface area contributed by atoms with Gasteiger partial charge in [0.25, 0.3) is 0 Å². The molecule has 0 bridgehead atoms. The van der Waals surface area contributed by atoms with E-state index in [9.17, 15) is 4.21 Å². The maximum Gasteiger partial charge on any atom is 0.0751 e. The lowest BCUT2D eigenvalue weighted by Crippen LogP contribution is -1.99. The molecule has 0 saturated carbocycles. The molecule has 1 aromatic heterocycles. The van der Waals surface area contributed by atoms with Gasteiger partial charge in [0.15, 0.2) is 0 Å². The fourth-order valence-corrected chi connectivity index (χ4v) is 3.24. The van der Waals surface area contributed by atoms with E-state index in [-0.39, 0.29) is 0 Å². The quantitative estimate of drug-likeness (QED) is 0.608. The molecule has 2 heterocycles. The first-order valence-corrected chi connectivity index (χ1v) is 5.66. The minimum Gasteiger partial charge on any atom is -0.260 e. The molecule has 0 fully saturated rings. The standard InChI is InChI=1S/C8H10N2OS/c1-6-8-7(3-4-9-6)5-10-12(8,2)11/h3-4H,5H2,1-2H3. The summed E-state index contributed by atoms with van der Waals surface area (Å²) in [7, 11) is -2.12. The van der Waals surface area contributed by atoms with Gasteiger partial charge < -0.3 is 0 Å². The van der Waals surface area contributed by atoms with Gasteiger partial charge in [0, 0.05) is 12.5 Å². The smallest absolute Gasteiger partial charge is 0.0751 e. The Balaban J connectivity index is 2.82. The van der Waals surface area contributed by atoms with Gasteiger partial charge in [0.05, 0.1) is 26.9 Å². The molecule has 0 radical (unpaired) electrons. The molecule has 0 amide bonds.